The maximum atomic E-state index is 11.8. The summed E-state index contributed by atoms with van der Waals surface area (Å²) in [7, 11) is 2.02. The molecule has 1 fully saturated rings. The van der Waals surface area contributed by atoms with Crippen LogP contribution in [0.2, 0.25) is 0 Å². The fraction of sp³-hybridized carbons (Fsp3) is 0.524. The molecule has 7 heteroatoms. The Balaban J connectivity index is 0. The third-order valence-corrected chi connectivity index (χ3v) is 4.37. The average molecular weight is 395 g/mol. The van der Waals surface area contributed by atoms with E-state index in [1.807, 2.05) is 26.7 Å². The summed E-state index contributed by atoms with van der Waals surface area (Å²) in [5, 5.41) is 8.88. The van der Waals surface area contributed by atoms with E-state index in [2.05, 4.69) is 36.1 Å². The van der Waals surface area contributed by atoms with Gasteiger partial charge in [-0.3, -0.25) is 9.59 Å². The van der Waals surface area contributed by atoms with Crippen LogP contribution in [0.4, 0.5) is 0 Å². The molecule has 1 atom stereocenters. The molecule has 0 radical (unpaired) electrons. The summed E-state index contributed by atoms with van der Waals surface area (Å²) in [6.07, 6.45) is 1.78. The highest BCUT2D eigenvalue weighted by Crippen LogP contribution is 2.12. The van der Waals surface area contributed by atoms with Gasteiger partial charge >= 0.3 is 5.97 Å². The summed E-state index contributed by atoms with van der Waals surface area (Å²) in [5.74, 6) is -1.43. The minimum absolute atomic E-state index is 0.0256. The first-order chi connectivity index (χ1) is 13.5. The van der Waals surface area contributed by atoms with Crippen molar-refractivity contribution in [3.05, 3.63) is 35.9 Å². The summed E-state index contributed by atoms with van der Waals surface area (Å²) < 4.78 is 0. The van der Waals surface area contributed by atoms with Crippen molar-refractivity contribution in [1.29, 1.82) is 0 Å². The monoisotopic (exact) mass is 394 g/mol. The Hall–Kier alpha value is -2.54. The Morgan fingerprint density at radius 1 is 1.00 bits per heavy atom. The third kappa shape index (κ3) is 12.0. The molecule has 2 rings (SSSR count). The van der Waals surface area contributed by atoms with Gasteiger partial charge in [0, 0.05) is 32.6 Å². The number of benzene rings is 1. The number of aryl methyl sites for hydroxylation is 1. The van der Waals surface area contributed by atoms with E-state index in [-0.39, 0.29) is 12.3 Å². The number of carboxylic acid groups (broad SMARTS) is 1. The molecule has 7 nitrogen and oxygen atoms in total. The van der Waals surface area contributed by atoms with Crippen LogP contribution in [0, 0.1) is 5.92 Å². The number of nitrogens with zero attached hydrogens (tertiary/aromatic N) is 2. The van der Waals surface area contributed by atoms with Crippen molar-refractivity contribution in [2.75, 3.05) is 33.2 Å². The number of carbonyl (C=O) groups is 4. The van der Waals surface area contributed by atoms with Gasteiger partial charge in [0.15, 0.2) is 0 Å². The normalized spacial score (nSPS) is 14.0. The van der Waals surface area contributed by atoms with Crippen LogP contribution in [-0.4, -0.2) is 73.6 Å². The van der Waals surface area contributed by atoms with Crippen molar-refractivity contribution in [3.8, 4) is 0 Å². The highest BCUT2D eigenvalue weighted by atomic mass is 16.4. The van der Waals surface area contributed by atoms with Gasteiger partial charge in [0.25, 0.3) is 0 Å². The first kappa shape index (κ1) is 27.7. The smallest absolute Gasteiger partial charge is 0.307 e. The first-order valence-corrected chi connectivity index (χ1v) is 9.28. The van der Waals surface area contributed by atoms with Crippen LogP contribution >= 0.6 is 0 Å². The molecule has 1 aliphatic rings. The van der Waals surface area contributed by atoms with Crippen molar-refractivity contribution >= 4 is 25.5 Å². The van der Waals surface area contributed by atoms with E-state index in [4.69, 9.17) is 14.7 Å². The SMILES string of the molecule is C=O.C=O.CCC(CC(=O)N1CCN(C)CC1)C(=O)O.CCc1ccccc1. The molecule has 158 valence electrons. The van der Waals surface area contributed by atoms with E-state index >= 15 is 0 Å². The molecule has 1 heterocycles. The lowest BCUT2D eigenvalue weighted by Crippen LogP contribution is -2.47. The second-order valence-corrected chi connectivity index (χ2v) is 6.17. The van der Waals surface area contributed by atoms with E-state index in [0.717, 1.165) is 19.5 Å². The standard InChI is InChI=1S/C11H20N2O3.C8H10.2CH2O/c1-3-9(11(15)16)8-10(14)13-6-4-12(2)5-7-13;1-2-8-6-4-3-5-7-8;2*1-2/h9H,3-8H2,1-2H3,(H,15,16);3-7H,2H2,1H3;2*1H2. The van der Waals surface area contributed by atoms with Crippen LogP contribution in [0.3, 0.4) is 0 Å². The number of piperazine rings is 1. The van der Waals surface area contributed by atoms with Crippen molar-refractivity contribution in [2.24, 2.45) is 5.92 Å². The lowest BCUT2D eigenvalue weighted by atomic mass is 10.0. The Kier molecular flexibility index (Phi) is 17.6. The number of aliphatic carboxylic acids is 1. The molecule has 1 saturated heterocycles. The molecule has 1 N–H and O–H groups in total. The fourth-order valence-corrected chi connectivity index (χ4v) is 2.52. The molecule has 0 bridgehead atoms. The Labute approximate surface area is 168 Å². The van der Waals surface area contributed by atoms with Crippen molar-refractivity contribution in [1.82, 2.24) is 9.80 Å². The zero-order valence-electron chi connectivity index (χ0n) is 17.3. The maximum Gasteiger partial charge on any atom is 0.307 e. The minimum Gasteiger partial charge on any atom is -0.481 e. The third-order valence-electron chi connectivity index (χ3n) is 4.37. The number of likely N-dealkylation sites (N-methyl/N-ethyl adjacent to an activating group) is 1. The molecule has 1 aliphatic heterocycles. The van der Waals surface area contributed by atoms with Gasteiger partial charge in [0.05, 0.1) is 5.92 Å². The number of hydrogen-bond donors (Lipinski definition) is 1. The van der Waals surface area contributed by atoms with Crippen LogP contribution in [0.15, 0.2) is 30.3 Å². The predicted octanol–water partition coefficient (Wildman–Crippen LogP) is 2.14. The van der Waals surface area contributed by atoms with E-state index in [0.29, 0.717) is 19.5 Å². The maximum absolute atomic E-state index is 11.8. The van der Waals surface area contributed by atoms with Crippen LogP contribution in [0.25, 0.3) is 0 Å². The predicted molar refractivity (Wildman–Crippen MR) is 110 cm³/mol. The minimum atomic E-state index is -0.870. The van der Waals surface area contributed by atoms with Gasteiger partial charge < -0.3 is 24.5 Å². The highest BCUT2D eigenvalue weighted by molar-refractivity contribution is 5.82. The fourth-order valence-electron chi connectivity index (χ4n) is 2.52. The van der Waals surface area contributed by atoms with Crippen LogP contribution in [0.1, 0.15) is 32.3 Å². The van der Waals surface area contributed by atoms with E-state index in [1.54, 1.807) is 11.8 Å². The highest BCUT2D eigenvalue weighted by Gasteiger charge is 2.24. The molecule has 0 aliphatic carbocycles. The van der Waals surface area contributed by atoms with Crippen molar-refractivity contribution in [3.63, 3.8) is 0 Å². The first-order valence-electron chi connectivity index (χ1n) is 9.28. The number of carboxylic acids is 1. The van der Waals surface area contributed by atoms with E-state index in [1.165, 1.54) is 5.56 Å². The van der Waals surface area contributed by atoms with Crippen LogP contribution in [-0.2, 0) is 25.6 Å². The Morgan fingerprint density at radius 3 is 1.86 bits per heavy atom. The lowest BCUT2D eigenvalue weighted by molar-refractivity contribution is -0.146. The summed E-state index contributed by atoms with van der Waals surface area (Å²) in [4.78, 5) is 42.6. The molecule has 1 unspecified atom stereocenters. The molecular weight excluding hydrogens is 360 g/mol. The zero-order valence-corrected chi connectivity index (χ0v) is 17.3. The second-order valence-electron chi connectivity index (χ2n) is 6.17. The van der Waals surface area contributed by atoms with E-state index in [9.17, 15) is 9.59 Å². The van der Waals surface area contributed by atoms with Gasteiger partial charge in [-0.15, -0.1) is 0 Å². The topological polar surface area (TPSA) is 95.0 Å². The number of hydrogen-bond acceptors (Lipinski definition) is 5. The average Bonchev–Trinajstić information content (AvgIpc) is 2.76. The molecule has 0 saturated carbocycles. The van der Waals surface area contributed by atoms with Crippen LogP contribution < -0.4 is 0 Å². The van der Waals surface area contributed by atoms with Gasteiger partial charge in [-0.05, 0) is 25.5 Å². The molecule has 0 spiro atoms. The Morgan fingerprint density at radius 2 is 1.50 bits per heavy atom. The van der Waals surface area contributed by atoms with Gasteiger partial charge in [-0.25, -0.2) is 0 Å². The molecule has 1 amide bonds. The summed E-state index contributed by atoms with van der Waals surface area (Å²) in [6, 6.07) is 10.5. The van der Waals surface area contributed by atoms with Crippen LogP contribution in [0.5, 0.6) is 0 Å². The van der Waals surface area contributed by atoms with E-state index < -0.39 is 11.9 Å². The van der Waals surface area contributed by atoms with Gasteiger partial charge in [0.1, 0.15) is 13.6 Å². The molecule has 1 aromatic carbocycles. The number of carbonyl (C=O) groups excluding carboxylic acids is 3. The number of amides is 1. The van der Waals surface area contributed by atoms with Crippen molar-refractivity contribution in [2.45, 2.75) is 33.1 Å². The summed E-state index contributed by atoms with van der Waals surface area (Å²) in [6.45, 7) is 11.1. The van der Waals surface area contributed by atoms with Gasteiger partial charge in [-0.1, -0.05) is 44.2 Å². The largest absolute Gasteiger partial charge is 0.481 e. The molecule has 28 heavy (non-hydrogen) atoms. The quantitative estimate of drug-likeness (QED) is 0.822. The lowest BCUT2D eigenvalue weighted by Gasteiger charge is -2.32. The molecule has 1 aromatic rings. The zero-order chi connectivity index (χ0) is 21.9. The number of rotatable bonds is 5. The second kappa shape index (κ2) is 17.9. The molecule has 0 aromatic heterocycles. The van der Waals surface area contributed by atoms with Gasteiger partial charge in [-0.2, -0.15) is 0 Å². The molecular formula is C21H34N2O5. The summed E-state index contributed by atoms with van der Waals surface area (Å²) >= 11 is 0. The summed E-state index contributed by atoms with van der Waals surface area (Å²) in [5.41, 5.74) is 1.41. The van der Waals surface area contributed by atoms with Crippen molar-refractivity contribution < 1.29 is 24.3 Å². The van der Waals surface area contributed by atoms with Gasteiger partial charge in [0.2, 0.25) is 5.91 Å². The Bertz CT molecular complexity index is 529.